The highest BCUT2D eigenvalue weighted by molar-refractivity contribution is 5.83. The summed E-state index contributed by atoms with van der Waals surface area (Å²) in [6.07, 6.45) is -4.72. The number of aliphatic carboxylic acids is 1. The molecule has 0 unspecified atom stereocenters. The zero-order chi connectivity index (χ0) is 16.5. The molecule has 0 saturated heterocycles. The Kier molecular flexibility index (Phi) is 4.07. The first-order valence-electron chi connectivity index (χ1n) is 6.18. The van der Waals surface area contributed by atoms with Crippen LogP contribution in [0, 0.1) is 0 Å². The number of imidazole rings is 1. The average molecular weight is 315 g/mol. The standard InChI is InChI=1S/C13H12F3N3O3/c1-18(7-11(21)22)10(20)6-19-9-5-3-2-4-8(9)17-12(19)13(14,15)16/h2-5H,6-7H2,1H3,(H,21,22). The van der Waals surface area contributed by atoms with Crippen molar-refractivity contribution in [3.63, 3.8) is 0 Å². The Morgan fingerprint density at radius 2 is 1.95 bits per heavy atom. The first-order valence-corrected chi connectivity index (χ1v) is 6.18. The van der Waals surface area contributed by atoms with Crippen molar-refractivity contribution in [3.8, 4) is 0 Å². The molecule has 0 radical (unpaired) electrons. The third-order valence-electron chi connectivity index (χ3n) is 3.00. The SMILES string of the molecule is CN(CC(=O)O)C(=O)Cn1c(C(F)(F)F)nc2ccccc21. The minimum atomic E-state index is -4.72. The Morgan fingerprint density at radius 3 is 2.55 bits per heavy atom. The van der Waals surface area contributed by atoms with E-state index in [4.69, 9.17) is 5.11 Å². The van der Waals surface area contributed by atoms with Crippen LogP contribution in [-0.2, 0) is 22.3 Å². The van der Waals surface area contributed by atoms with Crippen LogP contribution in [0.1, 0.15) is 5.82 Å². The monoisotopic (exact) mass is 315 g/mol. The van der Waals surface area contributed by atoms with Crippen LogP contribution in [0.15, 0.2) is 24.3 Å². The zero-order valence-corrected chi connectivity index (χ0v) is 11.5. The lowest BCUT2D eigenvalue weighted by Gasteiger charge is -2.17. The molecular formula is C13H12F3N3O3. The molecule has 0 spiro atoms. The Morgan fingerprint density at radius 1 is 1.32 bits per heavy atom. The summed E-state index contributed by atoms with van der Waals surface area (Å²) in [6.45, 7) is -1.23. The van der Waals surface area contributed by atoms with Gasteiger partial charge in [0.05, 0.1) is 11.0 Å². The highest BCUT2D eigenvalue weighted by atomic mass is 19.4. The van der Waals surface area contributed by atoms with Crippen molar-refractivity contribution < 1.29 is 27.9 Å². The summed E-state index contributed by atoms with van der Waals surface area (Å²) >= 11 is 0. The van der Waals surface area contributed by atoms with Gasteiger partial charge in [-0.15, -0.1) is 0 Å². The lowest BCUT2D eigenvalue weighted by atomic mass is 10.3. The quantitative estimate of drug-likeness (QED) is 0.930. The van der Waals surface area contributed by atoms with Gasteiger partial charge in [-0.05, 0) is 12.1 Å². The fourth-order valence-electron chi connectivity index (χ4n) is 2.00. The maximum atomic E-state index is 13.0. The van der Waals surface area contributed by atoms with Crippen molar-refractivity contribution in [2.45, 2.75) is 12.7 Å². The molecule has 2 aromatic rings. The lowest BCUT2D eigenvalue weighted by molar-refractivity contribution is -0.149. The summed E-state index contributed by atoms with van der Waals surface area (Å²) in [5, 5.41) is 8.62. The van der Waals surface area contributed by atoms with Crippen molar-refractivity contribution in [2.24, 2.45) is 0 Å². The van der Waals surface area contributed by atoms with E-state index in [-0.39, 0.29) is 11.0 Å². The second-order valence-electron chi connectivity index (χ2n) is 4.65. The number of fused-ring (bicyclic) bond motifs is 1. The summed E-state index contributed by atoms with van der Waals surface area (Å²) in [4.78, 5) is 26.8. The van der Waals surface area contributed by atoms with Crippen LogP contribution < -0.4 is 0 Å². The van der Waals surface area contributed by atoms with Gasteiger partial charge in [0.1, 0.15) is 13.1 Å². The van der Waals surface area contributed by atoms with Crippen LogP contribution in [0.5, 0.6) is 0 Å². The molecule has 1 amide bonds. The molecule has 0 aliphatic rings. The van der Waals surface area contributed by atoms with Crippen LogP contribution in [0.25, 0.3) is 11.0 Å². The van der Waals surface area contributed by atoms with Gasteiger partial charge in [-0.3, -0.25) is 9.59 Å². The van der Waals surface area contributed by atoms with E-state index < -0.39 is 37.0 Å². The topological polar surface area (TPSA) is 75.4 Å². The number of nitrogens with zero attached hydrogens (tertiary/aromatic N) is 3. The Hall–Kier alpha value is -2.58. The van der Waals surface area contributed by atoms with E-state index in [1.165, 1.54) is 31.3 Å². The predicted octanol–water partition coefficient (Wildman–Crippen LogP) is 1.60. The molecule has 0 aliphatic carbocycles. The number of likely N-dealkylation sites (N-methyl/N-ethyl adjacent to an activating group) is 1. The third-order valence-corrected chi connectivity index (χ3v) is 3.00. The number of carboxylic acid groups (broad SMARTS) is 1. The van der Waals surface area contributed by atoms with Gasteiger partial charge in [0.15, 0.2) is 0 Å². The molecule has 0 fully saturated rings. The highest BCUT2D eigenvalue weighted by Gasteiger charge is 2.38. The van der Waals surface area contributed by atoms with Gasteiger partial charge in [0.2, 0.25) is 11.7 Å². The Bertz CT molecular complexity index is 724. The van der Waals surface area contributed by atoms with E-state index in [2.05, 4.69) is 4.98 Å². The molecule has 1 aromatic heterocycles. The molecule has 2 rings (SSSR count). The smallest absolute Gasteiger partial charge is 0.449 e. The predicted molar refractivity (Wildman–Crippen MR) is 70.0 cm³/mol. The van der Waals surface area contributed by atoms with Gasteiger partial charge < -0.3 is 14.6 Å². The van der Waals surface area contributed by atoms with E-state index in [1.807, 2.05) is 0 Å². The maximum Gasteiger partial charge on any atom is 0.449 e. The first kappa shape index (κ1) is 15.8. The number of carbonyl (C=O) groups excluding carboxylic acids is 1. The normalized spacial score (nSPS) is 11.6. The van der Waals surface area contributed by atoms with Crippen molar-refractivity contribution in [2.75, 3.05) is 13.6 Å². The largest absolute Gasteiger partial charge is 0.480 e. The van der Waals surface area contributed by atoms with Crippen molar-refractivity contribution in [1.29, 1.82) is 0 Å². The van der Waals surface area contributed by atoms with Crippen LogP contribution in [0.4, 0.5) is 13.2 Å². The summed E-state index contributed by atoms with van der Waals surface area (Å²) in [6, 6.07) is 5.90. The molecule has 0 atom stereocenters. The van der Waals surface area contributed by atoms with Crippen LogP contribution in [0.3, 0.4) is 0 Å². The molecule has 0 aliphatic heterocycles. The number of halogens is 3. The fourth-order valence-corrected chi connectivity index (χ4v) is 2.00. The number of benzene rings is 1. The molecule has 1 aromatic carbocycles. The minimum Gasteiger partial charge on any atom is -0.480 e. The minimum absolute atomic E-state index is 0.114. The van der Waals surface area contributed by atoms with Gasteiger partial charge in [-0.2, -0.15) is 13.2 Å². The summed E-state index contributed by atoms with van der Waals surface area (Å²) in [5.41, 5.74) is 0.274. The van der Waals surface area contributed by atoms with Gasteiger partial charge in [-0.1, -0.05) is 12.1 Å². The number of carbonyl (C=O) groups is 2. The van der Waals surface area contributed by atoms with Crippen LogP contribution in [0.2, 0.25) is 0 Å². The van der Waals surface area contributed by atoms with Gasteiger partial charge >= 0.3 is 12.1 Å². The number of alkyl halides is 3. The zero-order valence-electron chi connectivity index (χ0n) is 11.5. The van der Waals surface area contributed by atoms with Crippen molar-refractivity contribution >= 4 is 22.9 Å². The molecule has 118 valence electrons. The molecular weight excluding hydrogens is 303 g/mol. The second-order valence-corrected chi connectivity index (χ2v) is 4.65. The summed E-state index contributed by atoms with van der Waals surface area (Å²) in [5.74, 6) is -3.19. The number of hydrogen-bond donors (Lipinski definition) is 1. The van der Waals surface area contributed by atoms with E-state index >= 15 is 0 Å². The highest BCUT2D eigenvalue weighted by Crippen LogP contribution is 2.31. The second kappa shape index (κ2) is 5.66. The molecule has 22 heavy (non-hydrogen) atoms. The van der Waals surface area contributed by atoms with Crippen LogP contribution in [-0.4, -0.2) is 45.0 Å². The Balaban J connectivity index is 2.41. The van der Waals surface area contributed by atoms with E-state index in [9.17, 15) is 22.8 Å². The molecule has 6 nitrogen and oxygen atoms in total. The van der Waals surface area contributed by atoms with E-state index in [0.29, 0.717) is 0 Å². The Labute approximate surface area is 122 Å². The number of para-hydroxylation sites is 2. The van der Waals surface area contributed by atoms with Crippen molar-refractivity contribution in [3.05, 3.63) is 30.1 Å². The lowest BCUT2D eigenvalue weighted by Crippen LogP contribution is -2.35. The number of amides is 1. The van der Waals surface area contributed by atoms with Gasteiger partial charge in [0.25, 0.3) is 0 Å². The fraction of sp³-hybridized carbons (Fsp3) is 0.308. The summed E-state index contributed by atoms with van der Waals surface area (Å²) in [7, 11) is 1.21. The van der Waals surface area contributed by atoms with E-state index in [0.717, 1.165) is 9.47 Å². The molecule has 0 bridgehead atoms. The number of carboxylic acids is 1. The van der Waals surface area contributed by atoms with Gasteiger partial charge in [0, 0.05) is 7.05 Å². The van der Waals surface area contributed by atoms with Gasteiger partial charge in [-0.25, -0.2) is 4.98 Å². The molecule has 9 heteroatoms. The van der Waals surface area contributed by atoms with E-state index in [1.54, 1.807) is 0 Å². The number of aromatic nitrogens is 2. The number of hydrogen-bond acceptors (Lipinski definition) is 3. The number of rotatable bonds is 4. The average Bonchev–Trinajstić information content (AvgIpc) is 2.77. The molecule has 1 N–H and O–H groups in total. The maximum absolute atomic E-state index is 13.0. The summed E-state index contributed by atoms with van der Waals surface area (Å²) < 4.78 is 39.9. The first-order chi connectivity index (χ1) is 10.2. The van der Waals surface area contributed by atoms with Crippen molar-refractivity contribution in [1.82, 2.24) is 14.5 Å². The molecule has 1 heterocycles. The third kappa shape index (κ3) is 3.18. The molecule has 0 saturated carbocycles. The van der Waals surface area contributed by atoms with Crippen LogP contribution >= 0.6 is 0 Å².